The molecule has 1 saturated heterocycles. The molecule has 2 aromatic rings. The van der Waals surface area contributed by atoms with Crippen LogP contribution in [0.2, 0.25) is 0 Å². The van der Waals surface area contributed by atoms with Crippen molar-refractivity contribution in [3.63, 3.8) is 0 Å². The summed E-state index contributed by atoms with van der Waals surface area (Å²) in [6.07, 6.45) is -0.777. The molecule has 2 aliphatic carbocycles. The van der Waals surface area contributed by atoms with Crippen molar-refractivity contribution in [2.75, 3.05) is 13.2 Å². The quantitative estimate of drug-likeness (QED) is 0.661. The summed E-state index contributed by atoms with van der Waals surface area (Å²) in [5.41, 5.74) is 3.28. The van der Waals surface area contributed by atoms with Crippen molar-refractivity contribution < 1.29 is 29.3 Å². The summed E-state index contributed by atoms with van der Waals surface area (Å²) in [5.74, 6) is -1.73. The summed E-state index contributed by atoms with van der Waals surface area (Å²) in [4.78, 5) is 38.2. The minimum Gasteiger partial charge on any atom is -0.480 e. The lowest BCUT2D eigenvalue weighted by molar-refractivity contribution is -0.149. The average molecular weight is 436 g/mol. The predicted molar refractivity (Wildman–Crippen MR) is 114 cm³/mol. The van der Waals surface area contributed by atoms with Gasteiger partial charge in [-0.2, -0.15) is 0 Å². The average Bonchev–Trinajstić information content (AvgIpc) is 3.34. The number of carbonyl (C=O) groups is 3. The van der Waals surface area contributed by atoms with E-state index >= 15 is 0 Å². The van der Waals surface area contributed by atoms with Crippen molar-refractivity contribution in [2.24, 2.45) is 0 Å². The Morgan fingerprint density at radius 3 is 2.19 bits per heavy atom. The summed E-state index contributed by atoms with van der Waals surface area (Å²) in [7, 11) is 0. The van der Waals surface area contributed by atoms with E-state index in [1.165, 1.54) is 0 Å². The van der Waals surface area contributed by atoms with Gasteiger partial charge in [0.05, 0.1) is 6.10 Å². The number of hydrogen-bond donors (Lipinski definition) is 3. The molecule has 0 bridgehead atoms. The van der Waals surface area contributed by atoms with Gasteiger partial charge in [-0.25, -0.2) is 9.59 Å². The molecule has 3 N–H and O–H groups in total. The Labute approximate surface area is 184 Å². The molecule has 8 nitrogen and oxygen atoms in total. The van der Waals surface area contributed by atoms with E-state index < -0.39 is 35.7 Å². The summed E-state index contributed by atoms with van der Waals surface area (Å²) < 4.78 is 5.54. The number of fused-ring (bicyclic) bond motifs is 3. The van der Waals surface area contributed by atoms with E-state index in [0.29, 0.717) is 12.8 Å². The van der Waals surface area contributed by atoms with Gasteiger partial charge in [-0.05, 0) is 35.1 Å². The van der Waals surface area contributed by atoms with Crippen LogP contribution in [-0.4, -0.2) is 63.9 Å². The maximum atomic E-state index is 13.0. The van der Waals surface area contributed by atoms with Crippen LogP contribution in [0.15, 0.2) is 48.5 Å². The van der Waals surface area contributed by atoms with Gasteiger partial charge >= 0.3 is 12.1 Å². The van der Waals surface area contributed by atoms with E-state index in [-0.39, 0.29) is 25.5 Å². The molecule has 2 fully saturated rings. The molecular formula is C24H24N2O6. The van der Waals surface area contributed by atoms with Crippen LogP contribution in [0, 0.1) is 0 Å². The number of rotatable bonds is 5. The van der Waals surface area contributed by atoms with E-state index in [9.17, 15) is 24.6 Å². The molecule has 0 aromatic heterocycles. The first-order valence-electron chi connectivity index (χ1n) is 10.7. The monoisotopic (exact) mass is 436 g/mol. The smallest absolute Gasteiger partial charge is 0.408 e. The van der Waals surface area contributed by atoms with Crippen LogP contribution < -0.4 is 5.32 Å². The third-order valence-electron chi connectivity index (χ3n) is 6.67. The lowest BCUT2D eigenvalue weighted by atomic mass is 9.98. The number of ether oxygens (including phenoxy) is 1. The Bertz CT molecular complexity index is 1050. The number of hydrogen-bond acceptors (Lipinski definition) is 5. The number of nitrogens with zero attached hydrogens (tertiary/aromatic N) is 1. The molecule has 3 aliphatic rings. The van der Waals surface area contributed by atoms with Crippen molar-refractivity contribution >= 4 is 18.0 Å². The first-order chi connectivity index (χ1) is 15.4. The number of likely N-dealkylation sites (tertiary alicyclic amines) is 1. The van der Waals surface area contributed by atoms with Gasteiger partial charge in [0.15, 0.2) is 0 Å². The highest BCUT2D eigenvalue weighted by Gasteiger charge is 2.56. The zero-order valence-corrected chi connectivity index (χ0v) is 17.4. The second-order valence-electron chi connectivity index (χ2n) is 8.73. The first kappa shape index (κ1) is 20.5. The summed E-state index contributed by atoms with van der Waals surface area (Å²) in [5, 5.41) is 21.9. The highest BCUT2D eigenvalue weighted by atomic mass is 16.5. The molecule has 1 aliphatic heterocycles. The Morgan fingerprint density at radius 1 is 1.03 bits per heavy atom. The molecule has 1 unspecified atom stereocenters. The number of amides is 2. The van der Waals surface area contributed by atoms with E-state index in [1.807, 2.05) is 36.4 Å². The number of aliphatic hydroxyl groups is 1. The number of carboxylic acids is 1. The lowest BCUT2D eigenvalue weighted by Crippen LogP contribution is -2.53. The molecule has 0 spiro atoms. The number of carboxylic acid groups (broad SMARTS) is 1. The second kappa shape index (κ2) is 7.63. The number of carbonyl (C=O) groups excluding carboxylic acids is 2. The normalized spacial score (nSPS) is 22.7. The molecule has 2 atom stereocenters. The molecule has 1 heterocycles. The van der Waals surface area contributed by atoms with Crippen LogP contribution in [0.1, 0.15) is 36.3 Å². The van der Waals surface area contributed by atoms with Gasteiger partial charge in [-0.1, -0.05) is 48.5 Å². The number of nitrogens with one attached hydrogen (secondary N) is 1. The Morgan fingerprint density at radius 2 is 1.62 bits per heavy atom. The van der Waals surface area contributed by atoms with Gasteiger partial charge < -0.3 is 25.2 Å². The van der Waals surface area contributed by atoms with E-state index in [4.69, 9.17) is 4.74 Å². The largest absolute Gasteiger partial charge is 0.480 e. The molecule has 32 heavy (non-hydrogen) atoms. The van der Waals surface area contributed by atoms with Gasteiger partial charge in [-0.15, -0.1) is 0 Å². The minimum atomic E-state index is -1.16. The van der Waals surface area contributed by atoms with Crippen LogP contribution in [-0.2, 0) is 14.3 Å². The van der Waals surface area contributed by atoms with Crippen molar-refractivity contribution in [1.29, 1.82) is 0 Å². The molecule has 2 aromatic carbocycles. The summed E-state index contributed by atoms with van der Waals surface area (Å²) in [6.45, 7) is 0.0776. The fourth-order valence-corrected chi connectivity index (χ4v) is 4.89. The molecule has 2 amide bonds. The van der Waals surface area contributed by atoms with Crippen molar-refractivity contribution in [3.8, 4) is 11.1 Å². The zero-order valence-electron chi connectivity index (χ0n) is 17.4. The van der Waals surface area contributed by atoms with Crippen molar-refractivity contribution in [1.82, 2.24) is 10.2 Å². The molecule has 8 heteroatoms. The molecule has 5 rings (SSSR count). The van der Waals surface area contributed by atoms with Gasteiger partial charge in [0.25, 0.3) is 0 Å². The van der Waals surface area contributed by atoms with Gasteiger partial charge in [-0.3, -0.25) is 4.79 Å². The van der Waals surface area contributed by atoms with E-state index in [2.05, 4.69) is 17.4 Å². The van der Waals surface area contributed by atoms with Crippen LogP contribution in [0.3, 0.4) is 0 Å². The Balaban J connectivity index is 1.26. The SMILES string of the molecule is O=C(NC1(C(=O)N2CC(O)C[C@H]2C(=O)O)CC1)OCC1c2ccccc2-c2ccccc21. The number of β-amino-alcohol motifs (C(OH)–C–C–N with tert-alkyl or cyclic N) is 1. The number of benzene rings is 2. The molecule has 1 saturated carbocycles. The Hall–Kier alpha value is -3.39. The number of aliphatic hydroxyl groups excluding tert-OH is 1. The number of aliphatic carboxylic acids is 1. The fourth-order valence-electron chi connectivity index (χ4n) is 4.89. The van der Waals surface area contributed by atoms with Crippen LogP contribution in [0.4, 0.5) is 4.79 Å². The second-order valence-corrected chi connectivity index (χ2v) is 8.73. The van der Waals surface area contributed by atoms with Gasteiger partial charge in [0.1, 0.15) is 18.2 Å². The lowest BCUT2D eigenvalue weighted by Gasteiger charge is -2.27. The molecule has 0 radical (unpaired) electrons. The predicted octanol–water partition coefficient (Wildman–Crippen LogP) is 2.10. The Kier molecular flexibility index (Phi) is 4.89. The minimum absolute atomic E-state index is 0.0118. The van der Waals surface area contributed by atoms with Crippen molar-refractivity contribution in [2.45, 2.75) is 42.9 Å². The zero-order chi connectivity index (χ0) is 22.5. The van der Waals surface area contributed by atoms with Crippen LogP contribution in [0.25, 0.3) is 11.1 Å². The van der Waals surface area contributed by atoms with Crippen molar-refractivity contribution in [3.05, 3.63) is 59.7 Å². The third kappa shape index (κ3) is 3.40. The highest BCUT2D eigenvalue weighted by Crippen LogP contribution is 2.44. The summed E-state index contributed by atoms with van der Waals surface area (Å²) in [6, 6.07) is 14.9. The first-order valence-corrected chi connectivity index (χ1v) is 10.7. The standard InChI is InChI=1S/C24H24N2O6/c27-14-11-20(21(28)29)26(12-14)22(30)24(9-10-24)25-23(31)32-13-19-17-7-3-1-5-15(17)16-6-2-4-8-18(16)19/h1-8,14,19-20,27H,9-13H2,(H,25,31)(H,28,29)/t14?,20-/m0/s1. The molecular weight excluding hydrogens is 412 g/mol. The van der Waals surface area contributed by atoms with E-state index in [0.717, 1.165) is 27.2 Å². The van der Waals surface area contributed by atoms with E-state index in [1.54, 1.807) is 0 Å². The third-order valence-corrected chi connectivity index (χ3v) is 6.67. The number of alkyl carbamates (subject to hydrolysis) is 1. The van der Waals surface area contributed by atoms with Gasteiger partial charge in [0.2, 0.25) is 5.91 Å². The summed E-state index contributed by atoms with van der Waals surface area (Å²) >= 11 is 0. The topological polar surface area (TPSA) is 116 Å². The van der Waals surface area contributed by atoms with Gasteiger partial charge in [0, 0.05) is 18.9 Å². The fraction of sp³-hybridized carbons (Fsp3) is 0.375. The highest BCUT2D eigenvalue weighted by molar-refractivity contribution is 5.95. The van der Waals surface area contributed by atoms with Crippen LogP contribution >= 0.6 is 0 Å². The maximum absolute atomic E-state index is 13.0. The van der Waals surface area contributed by atoms with Crippen LogP contribution in [0.5, 0.6) is 0 Å². The molecule has 166 valence electrons. The maximum Gasteiger partial charge on any atom is 0.408 e.